The molecule has 1 saturated carbocycles. The predicted molar refractivity (Wildman–Crippen MR) is 69.8 cm³/mol. The van der Waals surface area contributed by atoms with Gasteiger partial charge in [-0.3, -0.25) is 14.4 Å². The van der Waals surface area contributed by atoms with Gasteiger partial charge in [0, 0.05) is 6.42 Å². The average molecular weight is 396 g/mol. The van der Waals surface area contributed by atoms with E-state index in [2.05, 4.69) is 0 Å². The summed E-state index contributed by atoms with van der Waals surface area (Å²) < 4.78 is 89.8. The Kier molecular flexibility index (Phi) is 5.19. The Hall–Kier alpha value is -1.88. The van der Waals surface area contributed by atoms with Crippen molar-refractivity contribution in [3.05, 3.63) is 0 Å². The van der Waals surface area contributed by atoms with Gasteiger partial charge in [0.1, 0.15) is 0 Å². The molecule has 2 N–H and O–H groups in total. The molecule has 0 amide bonds. The number of alkyl halides is 7. The van der Waals surface area contributed by atoms with Crippen LogP contribution < -0.4 is 0 Å². The molecule has 0 aromatic carbocycles. The smallest absolute Gasteiger partial charge is 0.460 e. The topological polar surface area (TPSA) is 91.7 Å². The van der Waals surface area contributed by atoms with Gasteiger partial charge in [-0.2, -0.15) is 30.7 Å². The van der Waals surface area contributed by atoms with Gasteiger partial charge in [-0.05, 0) is 18.3 Å². The first-order chi connectivity index (χ1) is 11.4. The van der Waals surface area contributed by atoms with Crippen LogP contribution >= 0.6 is 0 Å². The summed E-state index contributed by atoms with van der Waals surface area (Å²) in [4.78, 5) is 34.5. The molecule has 12 heteroatoms. The van der Waals surface area contributed by atoms with Crippen LogP contribution in [0.4, 0.5) is 30.7 Å². The minimum absolute atomic E-state index is 0.372. The van der Waals surface area contributed by atoms with Gasteiger partial charge in [-0.25, -0.2) is 0 Å². The summed E-state index contributed by atoms with van der Waals surface area (Å²) in [6.07, 6.45) is -9.62. The lowest BCUT2D eigenvalue weighted by Gasteiger charge is -2.40. The maximum absolute atomic E-state index is 13.6. The minimum Gasteiger partial charge on any atom is -0.481 e. The number of carbonyl (C=O) groups is 3. The number of Topliss-reactive ketones (excluding diaryl/α,β-unsaturated/α-hetero) is 1. The normalized spacial score (nSPS) is 26.6. The molecule has 2 unspecified atom stereocenters. The van der Waals surface area contributed by atoms with Gasteiger partial charge in [0.05, 0.1) is 11.3 Å². The highest BCUT2D eigenvalue weighted by Gasteiger charge is 2.77. The summed E-state index contributed by atoms with van der Waals surface area (Å²) in [5, 5.41) is 18.5. The third-order valence-electron chi connectivity index (χ3n) is 5.23. The number of hydrogen-bond acceptors (Lipinski definition) is 3. The third-order valence-corrected chi connectivity index (χ3v) is 5.23. The Bertz CT molecular complexity index is 626. The van der Waals surface area contributed by atoms with Gasteiger partial charge in [0.15, 0.2) is 0 Å². The Morgan fingerprint density at radius 2 is 1.46 bits per heavy atom. The van der Waals surface area contributed by atoms with Crippen LogP contribution in [0, 0.1) is 16.7 Å². The first kappa shape index (κ1) is 22.2. The van der Waals surface area contributed by atoms with Crippen LogP contribution in [0.2, 0.25) is 0 Å². The minimum atomic E-state index is -6.74. The number of hydrogen-bond donors (Lipinski definition) is 2. The quantitative estimate of drug-likeness (QED) is 0.672. The molecule has 0 bridgehead atoms. The van der Waals surface area contributed by atoms with Crippen molar-refractivity contribution in [3.8, 4) is 0 Å². The fourth-order valence-corrected chi connectivity index (χ4v) is 3.35. The number of aliphatic carboxylic acids is 2. The van der Waals surface area contributed by atoms with Crippen molar-refractivity contribution >= 4 is 17.7 Å². The Labute approximate surface area is 142 Å². The monoisotopic (exact) mass is 396 g/mol. The molecule has 0 radical (unpaired) electrons. The zero-order chi connectivity index (χ0) is 20.9. The van der Waals surface area contributed by atoms with Crippen molar-refractivity contribution in [2.45, 2.75) is 51.1 Å². The summed E-state index contributed by atoms with van der Waals surface area (Å²) >= 11 is 0. The number of rotatable bonds is 6. The second-order valence-electron chi connectivity index (χ2n) is 6.78. The van der Waals surface area contributed by atoms with Gasteiger partial charge < -0.3 is 10.2 Å². The molecular formula is C14H15F7O5. The van der Waals surface area contributed by atoms with Crippen LogP contribution in [-0.2, 0) is 14.4 Å². The Balaban J connectivity index is 3.35. The van der Waals surface area contributed by atoms with Gasteiger partial charge in [-0.15, -0.1) is 0 Å². The molecule has 0 saturated heterocycles. The second-order valence-corrected chi connectivity index (χ2v) is 6.78. The van der Waals surface area contributed by atoms with Crippen molar-refractivity contribution in [2.75, 3.05) is 0 Å². The number of halogens is 7. The third kappa shape index (κ3) is 2.92. The van der Waals surface area contributed by atoms with Crippen molar-refractivity contribution in [1.29, 1.82) is 0 Å². The number of carboxylic acid groups (broad SMARTS) is 2. The molecule has 1 aliphatic rings. The van der Waals surface area contributed by atoms with E-state index in [1.807, 2.05) is 0 Å². The highest BCUT2D eigenvalue weighted by atomic mass is 19.4. The molecule has 0 spiro atoms. The van der Waals surface area contributed by atoms with Crippen LogP contribution in [-0.4, -0.2) is 46.0 Å². The fourth-order valence-electron chi connectivity index (χ4n) is 3.35. The van der Waals surface area contributed by atoms with E-state index >= 15 is 0 Å². The van der Waals surface area contributed by atoms with Crippen LogP contribution in [0.3, 0.4) is 0 Å². The van der Waals surface area contributed by atoms with E-state index in [9.17, 15) is 50.2 Å². The van der Waals surface area contributed by atoms with Gasteiger partial charge in [-0.1, -0.05) is 13.8 Å². The van der Waals surface area contributed by atoms with E-state index in [0.29, 0.717) is 0 Å². The maximum atomic E-state index is 13.6. The summed E-state index contributed by atoms with van der Waals surface area (Å²) in [7, 11) is 0. The van der Waals surface area contributed by atoms with Crippen molar-refractivity contribution in [2.24, 2.45) is 16.7 Å². The number of ketones is 1. The summed E-state index contributed by atoms with van der Waals surface area (Å²) in [5.41, 5.74) is -4.39. The molecule has 1 rings (SSSR count). The molecular weight excluding hydrogens is 381 g/mol. The van der Waals surface area contributed by atoms with E-state index < -0.39 is 65.3 Å². The van der Waals surface area contributed by atoms with Crippen molar-refractivity contribution in [3.63, 3.8) is 0 Å². The van der Waals surface area contributed by atoms with E-state index in [0.717, 1.165) is 13.8 Å². The molecule has 26 heavy (non-hydrogen) atoms. The Morgan fingerprint density at radius 1 is 1.00 bits per heavy atom. The maximum Gasteiger partial charge on any atom is 0.460 e. The van der Waals surface area contributed by atoms with Crippen LogP contribution in [0.15, 0.2) is 0 Å². The van der Waals surface area contributed by atoms with E-state index in [-0.39, 0.29) is 6.42 Å². The predicted octanol–water partition coefficient (Wildman–Crippen LogP) is 3.37. The average Bonchev–Trinajstić information content (AvgIpc) is 2.69. The van der Waals surface area contributed by atoms with Gasteiger partial charge in [0.25, 0.3) is 0 Å². The Morgan fingerprint density at radius 3 is 1.77 bits per heavy atom. The van der Waals surface area contributed by atoms with Crippen LogP contribution in [0.1, 0.15) is 33.1 Å². The van der Waals surface area contributed by atoms with E-state index in [4.69, 9.17) is 5.11 Å². The van der Waals surface area contributed by atoms with E-state index in [1.165, 1.54) is 0 Å². The molecule has 1 fully saturated rings. The highest BCUT2D eigenvalue weighted by Crippen LogP contribution is 2.59. The number of carbonyl (C=O) groups excluding carboxylic acids is 1. The first-order valence-electron chi connectivity index (χ1n) is 7.18. The first-order valence-corrected chi connectivity index (χ1v) is 7.18. The lowest BCUT2D eigenvalue weighted by Crippen LogP contribution is -2.58. The highest BCUT2D eigenvalue weighted by molar-refractivity contribution is 5.93. The lowest BCUT2D eigenvalue weighted by molar-refractivity contribution is -0.344. The summed E-state index contributed by atoms with van der Waals surface area (Å²) in [5.74, 6) is -20.7. The standard InChI is InChI=1S/C14H15F7O5/c1-10(2)6(8(23)24)3-4-11(10,9(25)26)5-7(22)12(15,16)13(17,18)14(19,20)21/h6H,3-5H2,1-2H3,(H,23,24)(H,25,26). The van der Waals surface area contributed by atoms with Crippen molar-refractivity contribution in [1.82, 2.24) is 0 Å². The van der Waals surface area contributed by atoms with Crippen LogP contribution in [0.5, 0.6) is 0 Å². The molecule has 0 heterocycles. The molecule has 0 aliphatic heterocycles. The summed E-state index contributed by atoms with van der Waals surface area (Å²) in [6.45, 7) is 2.06. The molecule has 2 atom stereocenters. The molecule has 0 aromatic rings. The molecule has 1 aliphatic carbocycles. The zero-order valence-corrected chi connectivity index (χ0v) is 13.5. The van der Waals surface area contributed by atoms with Crippen LogP contribution in [0.25, 0.3) is 0 Å². The van der Waals surface area contributed by atoms with Gasteiger partial charge in [0.2, 0.25) is 5.78 Å². The SMILES string of the molecule is CC1(C)C(C(=O)O)CCC1(CC(=O)C(F)(F)C(F)(F)C(F)(F)F)C(=O)O. The molecule has 5 nitrogen and oxygen atoms in total. The number of carboxylic acids is 2. The summed E-state index contributed by atoms with van der Waals surface area (Å²) in [6, 6.07) is 0. The van der Waals surface area contributed by atoms with Gasteiger partial charge >= 0.3 is 30.0 Å². The zero-order valence-electron chi connectivity index (χ0n) is 13.5. The van der Waals surface area contributed by atoms with E-state index in [1.54, 1.807) is 0 Å². The van der Waals surface area contributed by atoms with Crippen molar-refractivity contribution < 1.29 is 55.3 Å². The fraction of sp³-hybridized carbons (Fsp3) is 0.786. The lowest BCUT2D eigenvalue weighted by atomic mass is 9.62. The molecule has 0 aromatic heterocycles. The largest absolute Gasteiger partial charge is 0.481 e. The second kappa shape index (κ2) is 6.08. The molecule has 150 valence electrons.